The van der Waals surface area contributed by atoms with Crippen molar-refractivity contribution in [1.29, 1.82) is 0 Å². The summed E-state index contributed by atoms with van der Waals surface area (Å²) in [6, 6.07) is 6.61. The van der Waals surface area contributed by atoms with Crippen molar-refractivity contribution in [2.24, 2.45) is 5.90 Å². The van der Waals surface area contributed by atoms with E-state index in [0.29, 0.717) is 11.3 Å². The molecule has 52 valence electrons. The number of nitrogens with two attached hydrogens (primary N) is 1. The van der Waals surface area contributed by atoms with E-state index < -0.39 is 0 Å². The minimum atomic E-state index is 0.490. The van der Waals surface area contributed by atoms with E-state index in [2.05, 4.69) is 4.84 Å². The lowest BCUT2D eigenvalue weighted by molar-refractivity contribution is 0.112. The van der Waals surface area contributed by atoms with Gasteiger partial charge in [-0.1, -0.05) is 12.1 Å². The van der Waals surface area contributed by atoms with Gasteiger partial charge in [-0.25, -0.2) is 0 Å². The van der Waals surface area contributed by atoms with E-state index in [4.69, 9.17) is 5.90 Å². The Balaban J connectivity index is 2.98. The molecule has 1 aromatic carbocycles. The molecule has 3 heteroatoms. The minimum Gasteiger partial charge on any atom is -0.412 e. The summed E-state index contributed by atoms with van der Waals surface area (Å²) in [7, 11) is 0. The molecular formula is C7H7NO2. The maximum absolute atomic E-state index is 10.2. The third-order valence-corrected chi connectivity index (χ3v) is 1.13. The third-order valence-electron chi connectivity index (χ3n) is 1.13. The van der Waals surface area contributed by atoms with Gasteiger partial charge in [-0.05, 0) is 12.1 Å². The molecule has 0 aliphatic carbocycles. The van der Waals surface area contributed by atoms with E-state index in [1.807, 2.05) is 0 Å². The second-order valence-electron chi connectivity index (χ2n) is 1.81. The highest BCUT2D eigenvalue weighted by Gasteiger charge is 1.91. The van der Waals surface area contributed by atoms with Gasteiger partial charge in [0.25, 0.3) is 0 Å². The summed E-state index contributed by atoms with van der Waals surface area (Å²) in [5.41, 5.74) is 0.558. The Bertz CT molecular complexity index is 235. The summed E-state index contributed by atoms with van der Waals surface area (Å²) in [6.07, 6.45) is 0.739. The van der Waals surface area contributed by atoms with E-state index in [1.54, 1.807) is 24.3 Å². The number of carbonyl (C=O) groups is 1. The van der Waals surface area contributed by atoms with Gasteiger partial charge in [0, 0.05) is 5.56 Å². The number of rotatable bonds is 2. The lowest BCUT2D eigenvalue weighted by Gasteiger charge is -1.96. The van der Waals surface area contributed by atoms with Gasteiger partial charge in [0.2, 0.25) is 0 Å². The van der Waals surface area contributed by atoms with Crippen LogP contribution in [0.1, 0.15) is 10.4 Å². The number of hydrogen-bond acceptors (Lipinski definition) is 3. The van der Waals surface area contributed by atoms with Crippen LogP contribution < -0.4 is 10.7 Å². The second kappa shape index (κ2) is 2.98. The number of hydrogen-bond donors (Lipinski definition) is 1. The summed E-state index contributed by atoms with van der Waals surface area (Å²) in [5, 5.41) is 0. The highest BCUT2D eigenvalue weighted by Crippen LogP contribution is 2.09. The van der Waals surface area contributed by atoms with Crippen molar-refractivity contribution < 1.29 is 9.63 Å². The van der Waals surface area contributed by atoms with Gasteiger partial charge in [0.15, 0.2) is 0 Å². The lowest BCUT2D eigenvalue weighted by Crippen LogP contribution is -2.01. The van der Waals surface area contributed by atoms with Crippen LogP contribution in [0.5, 0.6) is 5.75 Å². The molecule has 0 spiro atoms. The minimum absolute atomic E-state index is 0.490. The van der Waals surface area contributed by atoms with E-state index in [9.17, 15) is 4.79 Å². The molecule has 0 aliphatic rings. The van der Waals surface area contributed by atoms with Crippen LogP contribution in [0.3, 0.4) is 0 Å². The Morgan fingerprint density at radius 1 is 1.50 bits per heavy atom. The predicted molar refractivity (Wildman–Crippen MR) is 36.6 cm³/mol. The quantitative estimate of drug-likeness (QED) is 0.483. The summed E-state index contributed by atoms with van der Waals surface area (Å²) < 4.78 is 0. The second-order valence-corrected chi connectivity index (χ2v) is 1.81. The summed E-state index contributed by atoms with van der Waals surface area (Å²) in [5.74, 6) is 5.35. The molecule has 0 aliphatic heterocycles. The van der Waals surface area contributed by atoms with Crippen molar-refractivity contribution in [3.8, 4) is 5.75 Å². The fourth-order valence-electron chi connectivity index (χ4n) is 0.661. The fraction of sp³-hybridized carbons (Fsp3) is 0. The summed E-state index contributed by atoms with van der Waals surface area (Å²) in [4.78, 5) is 14.6. The van der Waals surface area contributed by atoms with Gasteiger partial charge >= 0.3 is 0 Å². The monoisotopic (exact) mass is 137 g/mol. The zero-order valence-electron chi connectivity index (χ0n) is 5.28. The Kier molecular flexibility index (Phi) is 2.02. The van der Waals surface area contributed by atoms with Crippen molar-refractivity contribution >= 4 is 6.29 Å². The Morgan fingerprint density at radius 2 is 2.30 bits per heavy atom. The van der Waals surface area contributed by atoms with Gasteiger partial charge in [-0.2, -0.15) is 5.90 Å². The van der Waals surface area contributed by atoms with Crippen molar-refractivity contribution in [3.63, 3.8) is 0 Å². The molecule has 0 unspecified atom stereocenters. The van der Waals surface area contributed by atoms with E-state index in [1.165, 1.54) is 0 Å². The van der Waals surface area contributed by atoms with Crippen molar-refractivity contribution in [3.05, 3.63) is 29.8 Å². The van der Waals surface area contributed by atoms with Crippen LogP contribution in [-0.2, 0) is 0 Å². The zero-order valence-corrected chi connectivity index (χ0v) is 5.28. The average Bonchev–Trinajstić information content (AvgIpc) is 2.05. The van der Waals surface area contributed by atoms with Crippen LogP contribution in [0, 0.1) is 0 Å². The van der Waals surface area contributed by atoms with Gasteiger partial charge in [0.1, 0.15) is 12.0 Å². The number of aldehydes is 1. The highest BCUT2D eigenvalue weighted by atomic mass is 16.6. The first-order valence-electron chi connectivity index (χ1n) is 2.79. The molecule has 0 aromatic heterocycles. The first-order chi connectivity index (χ1) is 4.86. The summed E-state index contributed by atoms with van der Waals surface area (Å²) in [6.45, 7) is 0. The molecule has 0 saturated carbocycles. The Hall–Kier alpha value is -1.35. The largest absolute Gasteiger partial charge is 0.412 e. The van der Waals surface area contributed by atoms with Crippen molar-refractivity contribution in [2.75, 3.05) is 0 Å². The maximum atomic E-state index is 10.2. The predicted octanol–water partition coefficient (Wildman–Crippen LogP) is 0.752. The van der Waals surface area contributed by atoms with E-state index in [0.717, 1.165) is 6.29 Å². The Labute approximate surface area is 58.4 Å². The molecule has 1 rings (SSSR count). The normalized spacial score (nSPS) is 8.90. The first-order valence-corrected chi connectivity index (χ1v) is 2.79. The topological polar surface area (TPSA) is 52.3 Å². The average molecular weight is 137 g/mol. The van der Waals surface area contributed by atoms with Gasteiger partial charge in [0.05, 0.1) is 0 Å². The van der Waals surface area contributed by atoms with Crippen molar-refractivity contribution in [2.45, 2.75) is 0 Å². The molecule has 0 atom stereocenters. The molecular weight excluding hydrogens is 130 g/mol. The molecule has 0 amide bonds. The van der Waals surface area contributed by atoms with Crippen LogP contribution in [-0.4, -0.2) is 6.29 Å². The highest BCUT2D eigenvalue weighted by molar-refractivity contribution is 5.75. The number of carbonyl (C=O) groups excluding carboxylic acids is 1. The van der Waals surface area contributed by atoms with Gasteiger partial charge in [-0.3, -0.25) is 4.79 Å². The standard InChI is InChI=1S/C7H7NO2/c8-10-7-3-1-2-6(4-7)5-9/h1-5H,8H2. The molecule has 0 heterocycles. The number of benzene rings is 1. The third kappa shape index (κ3) is 1.33. The van der Waals surface area contributed by atoms with E-state index >= 15 is 0 Å². The molecule has 0 fully saturated rings. The van der Waals surface area contributed by atoms with Crippen LogP contribution in [0.2, 0.25) is 0 Å². The van der Waals surface area contributed by atoms with E-state index in [-0.39, 0.29) is 0 Å². The van der Waals surface area contributed by atoms with Gasteiger partial charge in [-0.15, -0.1) is 0 Å². The molecule has 0 saturated heterocycles. The molecule has 10 heavy (non-hydrogen) atoms. The zero-order chi connectivity index (χ0) is 7.40. The van der Waals surface area contributed by atoms with Crippen molar-refractivity contribution in [1.82, 2.24) is 0 Å². The molecule has 1 aromatic rings. The first kappa shape index (κ1) is 6.77. The van der Waals surface area contributed by atoms with Crippen LogP contribution >= 0.6 is 0 Å². The molecule has 3 nitrogen and oxygen atoms in total. The Morgan fingerprint density at radius 3 is 2.90 bits per heavy atom. The summed E-state index contributed by atoms with van der Waals surface area (Å²) >= 11 is 0. The van der Waals surface area contributed by atoms with Crippen LogP contribution in [0.25, 0.3) is 0 Å². The molecule has 2 N–H and O–H groups in total. The van der Waals surface area contributed by atoms with Gasteiger partial charge < -0.3 is 4.84 Å². The molecule has 0 bridgehead atoms. The fourth-order valence-corrected chi connectivity index (χ4v) is 0.661. The van der Waals surface area contributed by atoms with Crippen LogP contribution in [0.15, 0.2) is 24.3 Å². The lowest BCUT2D eigenvalue weighted by atomic mass is 10.2. The maximum Gasteiger partial charge on any atom is 0.150 e. The molecule has 0 radical (unpaired) electrons. The smallest absolute Gasteiger partial charge is 0.150 e. The SMILES string of the molecule is NOc1cccc(C=O)c1. The van der Waals surface area contributed by atoms with Crippen LogP contribution in [0.4, 0.5) is 0 Å².